The molecule has 0 fully saturated rings. The minimum atomic E-state index is 1.10. The van der Waals surface area contributed by atoms with Crippen LogP contribution in [0.4, 0.5) is 0 Å². The second-order valence-corrected chi connectivity index (χ2v) is 2.90. The standard InChI is InChI=1S/C11H18/c1-6-7-8-10(4)11(5)9(2)3/h7-8H,2,6H2,1,3-5H3/b8-7-,11-10+. The lowest BCUT2D eigenvalue weighted by Crippen LogP contribution is -1.81. The molecule has 0 aromatic rings. The van der Waals surface area contributed by atoms with E-state index in [1.54, 1.807) is 0 Å². The second kappa shape index (κ2) is 4.95. The van der Waals surface area contributed by atoms with Gasteiger partial charge < -0.3 is 0 Å². The van der Waals surface area contributed by atoms with Gasteiger partial charge in [0.05, 0.1) is 0 Å². The molecule has 0 aliphatic carbocycles. The van der Waals surface area contributed by atoms with E-state index in [-0.39, 0.29) is 0 Å². The molecule has 0 atom stereocenters. The van der Waals surface area contributed by atoms with Crippen LogP contribution in [0.3, 0.4) is 0 Å². The van der Waals surface area contributed by atoms with E-state index in [1.165, 1.54) is 11.1 Å². The molecule has 0 aliphatic rings. The molecule has 0 heterocycles. The Bertz CT molecular complexity index is 192. The van der Waals surface area contributed by atoms with Gasteiger partial charge in [-0.25, -0.2) is 0 Å². The zero-order valence-corrected chi connectivity index (χ0v) is 8.07. The van der Waals surface area contributed by atoms with Crippen molar-refractivity contribution in [2.45, 2.75) is 34.1 Å². The molecule has 62 valence electrons. The molecule has 0 saturated heterocycles. The van der Waals surface area contributed by atoms with E-state index in [0.29, 0.717) is 0 Å². The Morgan fingerprint density at radius 1 is 1.27 bits per heavy atom. The summed E-state index contributed by atoms with van der Waals surface area (Å²) in [5.74, 6) is 0. The zero-order chi connectivity index (χ0) is 8.85. The van der Waals surface area contributed by atoms with Crippen LogP contribution in [0.5, 0.6) is 0 Å². The van der Waals surface area contributed by atoms with Crippen LogP contribution in [0.1, 0.15) is 34.1 Å². The van der Waals surface area contributed by atoms with E-state index in [0.717, 1.165) is 12.0 Å². The van der Waals surface area contributed by atoms with Crippen molar-refractivity contribution in [1.29, 1.82) is 0 Å². The maximum atomic E-state index is 3.89. The predicted molar refractivity (Wildman–Crippen MR) is 52.6 cm³/mol. The Hall–Kier alpha value is -0.780. The molecule has 0 aromatic carbocycles. The third-order valence-electron chi connectivity index (χ3n) is 1.84. The van der Waals surface area contributed by atoms with Crippen molar-refractivity contribution in [1.82, 2.24) is 0 Å². The van der Waals surface area contributed by atoms with Crippen LogP contribution in [0, 0.1) is 0 Å². The molecule has 0 bridgehead atoms. The first-order chi connectivity index (χ1) is 5.09. The summed E-state index contributed by atoms with van der Waals surface area (Å²) >= 11 is 0. The first-order valence-corrected chi connectivity index (χ1v) is 4.09. The largest absolute Gasteiger partial charge is 0.0958 e. The van der Waals surface area contributed by atoms with E-state index in [4.69, 9.17) is 0 Å². The number of hydrogen-bond donors (Lipinski definition) is 0. The maximum Gasteiger partial charge on any atom is -0.0376 e. The fourth-order valence-corrected chi connectivity index (χ4v) is 0.756. The van der Waals surface area contributed by atoms with Gasteiger partial charge in [-0.1, -0.05) is 31.2 Å². The van der Waals surface area contributed by atoms with Crippen LogP contribution in [-0.4, -0.2) is 0 Å². The quantitative estimate of drug-likeness (QED) is 0.536. The molecule has 0 nitrogen and oxygen atoms in total. The summed E-state index contributed by atoms with van der Waals surface area (Å²) in [4.78, 5) is 0. The van der Waals surface area contributed by atoms with Gasteiger partial charge in [0, 0.05) is 0 Å². The summed E-state index contributed by atoms with van der Waals surface area (Å²) in [6, 6.07) is 0. The minimum Gasteiger partial charge on any atom is -0.0958 e. The number of rotatable bonds is 3. The van der Waals surface area contributed by atoms with Crippen LogP contribution in [0.25, 0.3) is 0 Å². The Kier molecular flexibility index (Phi) is 4.60. The monoisotopic (exact) mass is 150 g/mol. The highest BCUT2D eigenvalue weighted by atomic mass is 14.0. The lowest BCUT2D eigenvalue weighted by atomic mass is 10.1. The van der Waals surface area contributed by atoms with Crippen molar-refractivity contribution in [3.8, 4) is 0 Å². The van der Waals surface area contributed by atoms with E-state index in [2.05, 4.69) is 39.5 Å². The average Bonchev–Trinajstić information content (AvgIpc) is 1.98. The molecule has 0 radical (unpaired) electrons. The van der Waals surface area contributed by atoms with Crippen molar-refractivity contribution in [3.63, 3.8) is 0 Å². The Balaban J connectivity index is 4.40. The van der Waals surface area contributed by atoms with E-state index in [9.17, 15) is 0 Å². The third kappa shape index (κ3) is 3.82. The first-order valence-electron chi connectivity index (χ1n) is 4.09. The van der Waals surface area contributed by atoms with Crippen molar-refractivity contribution in [2.24, 2.45) is 0 Å². The summed E-state index contributed by atoms with van der Waals surface area (Å²) in [5, 5.41) is 0. The van der Waals surface area contributed by atoms with Gasteiger partial charge in [0.2, 0.25) is 0 Å². The normalized spacial score (nSPS) is 13.5. The summed E-state index contributed by atoms with van der Waals surface area (Å²) in [5.41, 5.74) is 3.78. The predicted octanol–water partition coefficient (Wildman–Crippen LogP) is 3.87. The van der Waals surface area contributed by atoms with Crippen LogP contribution < -0.4 is 0 Å². The van der Waals surface area contributed by atoms with Gasteiger partial charge in [0.1, 0.15) is 0 Å². The van der Waals surface area contributed by atoms with Gasteiger partial charge in [0.25, 0.3) is 0 Å². The van der Waals surface area contributed by atoms with Gasteiger partial charge in [-0.15, -0.1) is 0 Å². The molecule has 0 amide bonds. The van der Waals surface area contributed by atoms with Gasteiger partial charge in [-0.2, -0.15) is 0 Å². The molecule has 0 N–H and O–H groups in total. The molecule has 0 saturated carbocycles. The van der Waals surface area contributed by atoms with Crippen molar-refractivity contribution < 1.29 is 0 Å². The molecular formula is C11H18. The average molecular weight is 150 g/mol. The summed E-state index contributed by atoms with van der Waals surface area (Å²) in [6.07, 6.45) is 5.42. The van der Waals surface area contributed by atoms with Crippen molar-refractivity contribution in [2.75, 3.05) is 0 Å². The third-order valence-corrected chi connectivity index (χ3v) is 1.84. The molecule has 0 aliphatic heterocycles. The number of hydrogen-bond acceptors (Lipinski definition) is 0. The Labute approximate surface area is 70.3 Å². The van der Waals surface area contributed by atoms with Crippen LogP contribution in [0.2, 0.25) is 0 Å². The smallest absolute Gasteiger partial charge is 0.0376 e. The van der Waals surface area contributed by atoms with Crippen molar-refractivity contribution >= 4 is 0 Å². The molecule has 0 heteroatoms. The molecule has 0 unspecified atom stereocenters. The maximum absolute atomic E-state index is 3.89. The Morgan fingerprint density at radius 3 is 2.18 bits per heavy atom. The van der Waals surface area contributed by atoms with Gasteiger partial charge in [-0.05, 0) is 38.3 Å². The number of allylic oxidation sites excluding steroid dienone is 5. The van der Waals surface area contributed by atoms with Crippen LogP contribution >= 0.6 is 0 Å². The first kappa shape index (κ1) is 10.2. The zero-order valence-electron chi connectivity index (χ0n) is 8.07. The lowest BCUT2D eigenvalue weighted by molar-refractivity contribution is 1.20. The van der Waals surface area contributed by atoms with E-state index in [1.807, 2.05) is 6.92 Å². The van der Waals surface area contributed by atoms with E-state index < -0.39 is 0 Å². The summed E-state index contributed by atoms with van der Waals surface area (Å²) in [7, 11) is 0. The van der Waals surface area contributed by atoms with Crippen LogP contribution in [-0.2, 0) is 0 Å². The van der Waals surface area contributed by atoms with Crippen molar-refractivity contribution in [3.05, 3.63) is 35.5 Å². The molecule has 0 rings (SSSR count). The summed E-state index contributed by atoms with van der Waals surface area (Å²) in [6.45, 7) is 12.3. The second-order valence-electron chi connectivity index (χ2n) is 2.90. The highest BCUT2D eigenvalue weighted by molar-refractivity contribution is 5.34. The van der Waals surface area contributed by atoms with E-state index >= 15 is 0 Å². The topological polar surface area (TPSA) is 0 Å². The van der Waals surface area contributed by atoms with Crippen LogP contribution in [0.15, 0.2) is 35.5 Å². The molecule has 0 spiro atoms. The lowest BCUT2D eigenvalue weighted by Gasteiger charge is -2.01. The van der Waals surface area contributed by atoms with Gasteiger partial charge >= 0.3 is 0 Å². The van der Waals surface area contributed by atoms with Gasteiger partial charge in [-0.3, -0.25) is 0 Å². The molecule has 0 aromatic heterocycles. The van der Waals surface area contributed by atoms with Gasteiger partial charge in [0.15, 0.2) is 0 Å². The summed E-state index contributed by atoms with van der Waals surface area (Å²) < 4.78 is 0. The Morgan fingerprint density at radius 2 is 1.82 bits per heavy atom. The highest BCUT2D eigenvalue weighted by Crippen LogP contribution is 2.12. The highest BCUT2D eigenvalue weighted by Gasteiger charge is 1.92. The SMILES string of the molecule is C=C(C)/C(C)=C(C)/C=C\CC. The fourth-order valence-electron chi connectivity index (χ4n) is 0.756. The minimum absolute atomic E-state index is 1.10. The molecular weight excluding hydrogens is 132 g/mol. The molecule has 11 heavy (non-hydrogen) atoms. The fraction of sp³-hybridized carbons (Fsp3) is 0.455.